The molecule has 1 fully saturated rings. The highest BCUT2D eigenvalue weighted by molar-refractivity contribution is 5.24. The first kappa shape index (κ1) is 17.3. The Balaban J connectivity index is 2.12. The lowest BCUT2D eigenvalue weighted by Gasteiger charge is -2.36. The van der Waals surface area contributed by atoms with Crippen LogP contribution in [0.15, 0.2) is 42.0 Å². The molecule has 1 aromatic rings. The molecule has 1 aliphatic rings. The van der Waals surface area contributed by atoms with Gasteiger partial charge < -0.3 is 9.84 Å². The number of aliphatic hydroxyl groups is 1. The SMILES string of the molecule is CC(C)[C@@H]1CC[C@@H](C)C[C@H]1O/C(O)=C(/Cc1ccccc1)[N+]#N. The molecule has 23 heavy (non-hydrogen) atoms. The first-order chi connectivity index (χ1) is 11.0. The fraction of sp³-hybridized carbons (Fsp3) is 0.579. The second-order valence-electron chi connectivity index (χ2n) is 7.00. The van der Waals surface area contributed by atoms with Crippen molar-refractivity contribution in [3.8, 4) is 0 Å². The highest BCUT2D eigenvalue weighted by atomic mass is 16.6. The monoisotopic (exact) mass is 315 g/mol. The van der Waals surface area contributed by atoms with Crippen molar-refractivity contribution in [1.29, 1.82) is 5.39 Å². The summed E-state index contributed by atoms with van der Waals surface area (Å²) >= 11 is 0. The Morgan fingerprint density at radius 1 is 1.30 bits per heavy atom. The molecule has 3 atom stereocenters. The summed E-state index contributed by atoms with van der Waals surface area (Å²) in [7, 11) is 0. The average molecular weight is 315 g/mol. The number of hydrogen-bond acceptors (Lipinski definition) is 3. The van der Waals surface area contributed by atoms with Crippen molar-refractivity contribution in [3.05, 3.63) is 52.5 Å². The van der Waals surface area contributed by atoms with Crippen LogP contribution in [-0.4, -0.2) is 11.2 Å². The molecule has 1 aromatic carbocycles. The van der Waals surface area contributed by atoms with Gasteiger partial charge in [0.2, 0.25) is 5.39 Å². The third-order valence-electron chi connectivity index (χ3n) is 4.81. The largest absolute Gasteiger partial charge is 0.475 e. The molecule has 0 bridgehead atoms. The van der Waals surface area contributed by atoms with Gasteiger partial charge in [-0.2, -0.15) is 0 Å². The lowest BCUT2D eigenvalue weighted by atomic mass is 9.75. The first-order valence-corrected chi connectivity index (χ1v) is 8.49. The summed E-state index contributed by atoms with van der Waals surface area (Å²) in [5.41, 5.74) is 1.14. The minimum absolute atomic E-state index is 0.0220. The zero-order chi connectivity index (χ0) is 16.8. The van der Waals surface area contributed by atoms with Gasteiger partial charge in [-0.25, -0.2) is 0 Å². The molecule has 0 saturated heterocycles. The number of hydrogen-bond donors (Lipinski definition) is 1. The van der Waals surface area contributed by atoms with E-state index in [1.165, 1.54) is 6.42 Å². The summed E-state index contributed by atoms with van der Waals surface area (Å²) < 4.78 is 5.84. The molecule has 4 nitrogen and oxygen atoms in total. The third-order valence-corrected chi connectivity index (χ3v) is 4.81. The van der Waals surface area contributed by atoms with E-state index in [4.69, 9.17) is 4.74 Å². The standard InChI is InChI=1S/C19H26N2O2/c1-13(2)16-10-9-14(3)11-18(16)23-19(22)17(21-20)12-15-7-5-4-6-8-15/h4-8,13-14,16,18H,9-12H2,1-3H3/p+1/b19-17-/t14-,16+,18-/m1/s1. The Hall–Kier alpha value is -2.02. The number of diazo groups is 1. The van der Waals surface area contributed by atoms with E-state index in [1.54, 1.807) is 0 Å². The molecule has 0 aromatic heterocycles. The number of rotatable bonds is 5. The molecule has 0 radical (unpaired) electrons. The zero-order valence-electron chi connectivity index (χ0n) is 14.3. The molecule has 0 unspecified atom stereocenters. The van der Waals surface area contributed by atoms with E-state index < -0.39 is 0 Å². The summed E-state index contributed by atoms with van der Waals surface area (Å²) in [6.45, 7) is 6.60. The van der Waals surface area contributed by atoms with Crippen LogP contribution in [0.5, 0.6) is 0 Å². The van der Waals surface area contributed by atoms with Crippen molar-refractivity contribution in [2.24, 2.45) is 17.8 Å². The molecule has 1 aliphatic carbocycles. The van der Waals surface area contributed by atoms with E-state index >= 15 is 0 Å². The molecule has 0 spiro atoms. The lowest BCUT2D eigenvalue weighted by Crippen LogP contribution is -2.34. The molecule has 0 aliphatic heterocycles. The number of benzene rings is 1. The maximum absolute atomic E-state index is 10.3. The van der Waals surface area contributed by atoms with Crippen molar-refractivity contribution in [3.63, 3.8) is 0 Å². The van der Waals surface area contributed by atoms with E-state index in [2.05, 4.69) is 25.7 Å². The van der Waals surface area contributed by atoms with Gasteiger partial charge in [-0.05, 0) is 36.2 Å². The molecular weight excluding hydrogens is 288 g/mol. The Morgan fingerprint density at radius 2 is 2.00 bits per heavy atom. The van der Waals surface area contributed by atoms with E-state index in [0.29, 0.717) is 24.2 Å². The minimum Gasteiger partial charge on any atom is -0.475 e. The van der Waals surface area contributed by atoms with E-state index in [1.807, 2.05) is 30.3 Å². The van der Waals surface area contributed by atoms with E-state index in [-0.39, 0.29) is 17.7 Å². The van der Waals surface area contributed by atoms with Crippen molar-refractivity contribution < 1.29 is 9.84 Å². The number of aliphatic hydroxyl groups excluding tert-OH is 1. The van der Waals surface area contributed by atoms with Crippen LogP contribution in [0.3, 0.4) is 0 Å². The first-order valence-electron chi connectivity index (χ1n) is 8.49. The van der Waals surface area contributed by atoms with E-state index in [9.17, 15) is 10.5 Å². The van der Waals surface area contributed by atoms with Crippen LogP contribution in [0.1, 0.15) is 45.6 Å². The maximum Gasteiger partial charge on any atom is 0.444 e. The van der Waals surface area contributed by atoms with Crippen LogP contribution in [0.25, 0.3) is 4.98 Å². The van der Waals surface area contributed by atoms with Gasteiger partial charge in [-0.3, -0.25) is 0 Å². The normalized spacial score (nSPS) is 25.6. The van der Waals surface area contributed by atoms with Gasteiger partial charge in [-0.15, -0.1) is 0 Å². The third kappa shape index (κ3) is 4.72. The fourth-order valence-corrected chi connectivity index (χ4v) is 3.40. The van der Waals surface area contributed by atoms with Crippen LogP contribution in [-0.2, 0) is 11.2 Å². The Morgan fingerprint density at radius 3 is 2.61 bits per heavy atom. The lowest BCUT2D eigenvalue weighted by molar-refractivity contribution is -0.0456. The van der Waals surface area contributed by atoms with Crippen LogP contribution < -0.4 is 0 Å². The smallest absolute Gasteiger partial charge is 0.444 e. The molecule has 0 amide bonds. The molecule has 1 N–H and O–H groups in total. The van der Waals surface area contributed by atoms with Crippen molar-refractivity contribution in [2.45, 2.75) is 52.6 Å². The predicted molar refractivity (Wildman–Crippen MR) is 91.1 cm³/mol. The van der Waals surface area contributed by atoms with Gasteiger partial charge in [0.25, 0.3) is 0 Å². The second kappa shape index (κ2) is 8.01. The van der Waals surface area contributed by atoms with Crippen LogP contribution in [0.2, 0.25) is 0 Å². The average Bonchev–Trinajstić information content (AvgIpc) is 2.53. The summed E-state index contributed by atoms with van der Waals surface area (Å²) in [5.74, 6) is 1.27. The van der Waals surface area contributed by atoms with Gasteiger partial charge in [-0.1, -0.05) is 57.5 Å². The van der Waals surface area contributed by atoms with Gasteiger partial charge in [0, 0.05) is 0 Å². The molecule has 124 valence electrons. The Labute approximate surface area is 138 Å². The van der Waals surface area contributed by atoms with Crippen molar-refractivity contribution in [1.82, 2.24) is 0 Å². The highest BCUT2D eigenvalue weighted by Gasteiger charge is 2.34. The minimum atomic E-state index is -0.249. The number of nitrogens with zero attached hydrogens (tertiary/aromatic N) is 2. The van der Waals surface area contributed by atoms with Gasteiger partial charge in [0.1, 0.15) is 6.10 Å². The molecular formula is C19H27N2O2+. The molecule has 4 heteroatoms. The summed E-state index contributed by atoms with van der Waals surface area (Å²) in [6, 6.07) is 9.62. The van der Waals surface area contributed by atoms with Gasteiger partial charge >= 0.3 is 11.6 Å². The fourth-order valence-electron chi connectivity index (χ4n) is 3.40. The van der Waals surface area contributed by atoms with Gasteiger partial charge in [0.05, 0.1) is 6.42 Å². The van der Waals surface area contributed by atoms with Crippen LogP contribution >= 0.6 is 0 Å². The Kier molecular flexibility index (Phi) is 6.04. The summed E-state index contributed by atoms with van der Waals surface area (Å²) in [5, 5.41) is 19.6. The quantitative estimate of drug-likeness (QED) is 0.593. The predicted octanol–water partition coefficient (Wildman–Crippen LogP) is 5.29. The van der Waals surface area contributed by atoms with Crippen molar-refractivity contribution in [2.75, 3.05) is 0 Å². The van der Waals surface area contributed by atoms with Gasteiger partial charge in [0.15, 0.2) is 4.98 Å². The molecule has 0 heterocycles. The van der Waals surface area contributed by atoms with Crippen LogP contribution in [0, 0.1) is 23.1 Å². The zero-order valence-corrected chi connectivity index (χ0v) is 14.3. The highest BCUT2D eigenvalue weighted by Crippen LogP contribution is 2.36. The summed E-state index contributed by atoms with van der Waals surface area (Å²) in [4.78, 5) is 3.24. The maximum atomic E-state index is 10.3. The number of allylic oxidation sites excluding steroid dienone is 1. The second-order valence-corrected chi connectivity index (χ2v) is 7.00. The molecule has 1 saturated carbocycles. The number of ether oxygens (including phenoxy) is 1. The molecule has 2 rings (SSSR count). The van der Waals surface area contributed by atoms with Crippen molar-refractivity contribution >= 4 is 0 Å². The Bertz CT molecular complexity index is 575. The summed E-state index contributed by atoms with van der Waals surface area (Å²) in [6.07, 6.45) is 3.57. The van der Waals surface area contributed by atoms with E-state index in [0.717, 1.165) is 18.4 Å². The van der Waals surface area contributed by atoms with Crippen LogP contribution in [0.4, 0.5) is 0 Å². The topological polar surface area (TPSA) is 57.6 Å².